The predicted octanol–water partition coefficient (Wildman–Crippen LogP) is 3.00. The number of hydrogen-bond donors (Lipinski definition) is 1. The Bertz CT molecular complexity index is 483. The summed E-state index contributed by atoms with van der Waals surface area (Å²) >= 11 is 0. The molecular weight excluding hydrogens is 236 g/mol. The van der Waals surface area contributed by atoms with Gasteiger partial charge in [-0.1, -0.05) is 12.1 Å². The summed E-state index contributed by atoms with van der Waals surface area (Å²) in [7, 11) is 0. The van der Waals surface area contributed by atoms with Crippen LogP contribution in [0.2, 0.25) is 0 Å². The zero-order valence-corrected chi connectivity index (χ0v) is 10.1. The van der Waals surface area contributed by atoms with Gasteiger partial charge in [0, 0.05) is 18.1 Å². The Balaban J connectivity index is 2.05. The summed E-state index contributed by atoms with van der Waals surface area (Å²) in [4.78, 5) is 0. The van der Waals surface area contributed by atoms with Crippen LogP contribution in [-0.2, 0) is 6.54 Å². The maximum absolute atomic E-state index is 12.4. The average Bonchev–Trinajstić information content (AvgIpc) is 2.82. The fourth-order valence-corrected chi connectivity index (χ4v) is 1.67. The van der Waals surface area contributed by atoms with E-state index in [1.165, 1.54) is 6.92 Å². The summed E-state index contributed by atoms with van der Waals surface area (Å²) in [5, 5.41) is 6.89. The van der Waals surface area contributed by atoms with Crippen molar-refractivity contribution in [2.24, 2.45) is 0 Å². The fourth-order valence-electron chi connectivity index (χ4n) is 1.67. The molecule has 0 aliphatic carbocycles. The van der Waals surface area contributed by atoms with Crippen molar-refractivity contribution in [1.29, 1.82) is 0 Å². The van der Waals surface area contributed by atoms with Crippen molar-refractivity contribution in [3.63, 3.8) is 0 Å². The first-order chi connectivity index (χ1) is 8.65. The average molecular weight is 251 g/mol. The minimum absolute atomic E-state index is 0.631. The molecule has 1 heterocycles. The third-order valence-electron chi connectivity index (χ3n) is 2.60. The number of nitrogens with one attached hydrogen (secondary N) is 1. The first-order valence-corrected chi connectivity index (χ1v) is 5.76. The van der Waals surface area contributed by atoms with Gasteiger partial charge in [-0.05, 0) is 30.7 Å². The highest BCUT2D eigenvalue weighted by Gasteiger charge is 2.13. The SMILES string of the molecule is CC(Nc1cccc(Cn2cccn2)c1)C(F)F. The molecular formula is C13H15F2N3. The molecule has 0 aliphatic rings. The lowest BCUT2D eigenvalue weighted by Gasteiger charge is -2.14. The predicted molar refractivity (Wildman–Crippen MR) is 66.9 cm³/mol. The summed E-state index contributed by atoms with van der Waals surface area (Å²) in [6.45, 7) is 2.09. The molecule has 18 heavy (non-hydrogen) atoms. The zero-order valence-electron chi connectivity index (χ0n) is 10.1. The molecule has 0 radical (unpaired) electrons. The van der Waals surface area contributed by atoms with E-state index in [4.69, 9.17) is 0 Å². The molecule has 96 valence electrons. The molecule has 1 aromatic carbocycles. The lowest BCUT2D eigenvalue weighted by molar-refractivity contribution is 0.130. The van der Waals surface area contributed by atoms with Gasteiger partial charge < -0.3 is 5.32 Å². The Labute approximate surface area is 104 Å². The van der Waals surface area contributed by atoms with E-state index in [9.17, 15) is 8.78 Å². The molecule has 0 aliphatic heterocycles. The van der Waals surface area contributed by atoms with Crippen molar-refractivity contribution >= 4 is 5.69 Å². The first kappa shape index (κ1) is 12.5. The third kappa shape index (κ3) is 3.29. The van der Waals surface area contributed by atoms with E-state index in [1.807, 2.05) is 30.5 Å². The number of alkyl halides is 2. The van der Waals surface area contributed by atoms with Crippen LogP contribution < -0.4 is 5.32 Å². The number of rotatable bonds is 5. The van der Waals surface area contributed by atoms with E-state index < -0.39 is 12.5 Å². The van der Waals surface area contributed by atoms with Gasteiger partial charge in [0.15, 0.2) is 0 Å². The number of benzene rings is 1. The van der Waals surface area contributed by atoms with E-state index >= 15 is 0 Å². The van der Waals surface area contributed by atoms with Crippen molar-refractivity contribution in [3.05, 3.63) is 48.3 Å². The number of aromatic nitrogens is 2. The zero-order chi connectivity index (χ0) is 13.0. The molecule has 2 rings (SSSR count). The Morgan fingerprint density at radius 3 is 2.83 bits per heavy atom. The summed E-state index contributed by atoms with van der Waals surface area (Å²) in [6.07, 6.45) is 1.20. The fraction of sp³-hybridized carbons (Fsp3) is 0.308. The van der Waals surface area contributed by atoms with Crippen LogP contribution in [0.25, 0.3) is 0 Å². The maximum atomic E-state index is 12.4. The second-order valence-corrected chi connectivity index (χ2v) is 4.17. The van der Waals surface area contributed by atoms with E-state index in [0.717, 1.165) is 5.56 Å². The summed E-state index contributed by atoms with van der Waals surface area (Å²) in [6, 6.07) is 8.43. The standard InChI is InChI=1S/C13H15F2N3/c1-10(13(14)15)17-12-5-2-4-11(8-12)9-18-7-3-6-16-18/h2-8,10,13,17H,9H2,1H3. The topological polar surface area (TPSA) is 29.9 Å². The van der Waals surface area contributed by atoms with Gasteiger partial charge in [-0.3, -0.25) is 4.68 Å². The van der Waals surface area contributed by atoms with Gasteiger partial charge in [-0.2, -0.15) is 5.10 Å². The van der Waals surface area contributed by atoms with Crippen LogP contribution >= 0.6 is 0 Å². The van der Waals surface area contributed by atoms with Crippen LogP contribution in [0.4, 0.5) is 14.5 Å². The van der Waals surface area contributed by atoms with Crippen LogP contribution in [0, 0.1) is 0 Å². The van der Waals surface area contributed by atoms with Gasteiger partial charge in [0.05, 0.1) is 12.6 Å². The quantitative estimate of drug-likeness (QED) is 0.885. The Kier molecular flexibility index (Phi) is 3.92. The molecule has 1 atom stereocenters. The molecule has 2 aromatic rings. The summed E-state index contributed by atoms with van der Waals surface area (Å²) in [5.74, 6) is 0. The lowest BCUT2D eigenvalue weighted by Crippen LogP contribution is -2.23. The highest BCUT2D eigenvalue weighted by atomic mass is 19.3. The highest BCUT2D eigenvalue weighted by Crippen LogP contribution is 2.15. The van der Waals surface area contributed by atoms with Crippen molar-refractivity contribution in [2.75, 3.05) is 5.32 Å². The largest absolute Gasteiger partial charge is 0.377 e. The molecule has 0 bridgehead atoms. The highest BCUT2D eigenvalue weighted by molar-refractivity contribution is 5.46. The molecule has 0 saturated carbocycles. The number of nitrogens with zero attached hydrogens (tertiary/aromatic N) is 2. The monoisotopic (exact) mass is 251 g/mol. The third-order valence-corrected chi connectivity index (χ3v) is 2.60. The van der Waals surface area contributed by atoms with Gasteiger partial charge in [0.25, 0.3) is 6.43 Å². The number of hydrogen-bond acceptors (Lipinski definition) is 2. The molecule has 3 nitrogen and oxygen atoms in total. The van der Waals surface area contributed by atoms with Gasteiger partial charge in [-0.15, -0.1) is 0 Å². The van der Waals surface area contributed by atoms with E-state index in [1.54, 1.807) is 16.9 Å². The first-order valence-electron chi connectivity index (χ1n) is 5.76. The van der Waals surface area contributed by atoms with E-state index in [2.05, 4.69) is 10.4 Å². The van der Waals surface area contributed by atoms with Gasteiger partial charge >= 0.3 is 0 Å². The van der Waals surface area contributed by atoms with Crippen LogP contribution in [-0.4, -0.2) is 22.2 Å². The molecule has 0 saturated heterocycles. The van der Waals surface area contributed by atoms with Crippen molar-refractivity contribution in [2.45, 2.75) is 25.9 Å². The molecule has 5 heteroatoms. The second kappa shape index (κ2) is 5.62. The van der Waals surface area contributed by atoms with E-state index in [0.29, 0.717) is 12.2 Å². The Morgan fingerprint density at radius 2 is 2.17 bits per heavy atom. The number of halogens is 2. The van der Waals surface area contributed by atoms with Crippen LogP contribution in [0.15, 0.2) is 42.7 Å². The lowest BCUT2D eigenvalue weighted by atomic mass is 10.2. The second-order valence-electron chi connectivity index (χ2n) is 4.17. The molecule has 0 fully saturated rings. The van der Waals surface area contributed by atoms with Crippen LogP contribution in [0.3, 0.4) is 0 Å². The minimum atomic E-state index is -2.38. The Morgan fingerprint density at radius 1 is 1.33 bits per heavy atom. The van der Waals surface area contributed by atoms with Crippen molar-refractivity contribution in [3.8, 4) is 0 Å². The molecule has 1 aromatic heterocycles. The normalized spacial score (nSPS) is 12.7. The van der Waals surface area contributed by atoms with Crippen molar-refractivity contribution in [1.82, 2.24) is 9.78 Å². The molecule has 1 unspecified atom stereocenters. The van der Waals surface area contributed by atoms with Gasteiger partial charge in [0.1, 0.15) is 0 Å². The van der Waals surface area contributed by atoms with Crippen molar-refractivity contribution < 1.29 is 8.78 Å². The minimum Gasteiger partial charge on any atom is -0.377 e. The summed E-state index contributed by atoms with van der Waals surface area (Å²) in [5.41, 5.74) is 1.72. The molecule has 1 N–H and O–H groups in total. The van der Waals surface area contributed by atoms with Crippen LogP contribution in [0.5, 0.6) is 0 Å². The van der Waals surface area contributed by atoms with Gasteiger partial charge in [-0.25, -0.2) is 8.78 Å². The summed E-state index contributed by atoms with van der Waals surface area (Å²) < 4.78 is 26.7. The molecule has 0 spiro atoms. The Hall–Kier alpha value is -1.91. The van der Waals surface area contributed by atoms with E-state index in [-0.39, 0.29) is 0 Å². The van der Waals surface area contributed by atoms with Gasteiger partial charge in [0.2, 0.25) is 0 Å². The smallest absolute Gasteiger partial charge is 0.258 e. The maximum Gasteiger partial charge on any atom is 0.258 e. The molecule has 0 amide bonds. The van der Waals surface area contributed by atoms with Crippen LogP contribution in [0.1, 0.15) is 12.5 Å². The number of anilines is 1.